The minimum absolute atomic E-state index is 0.172. The van der Waals surface area contributed by atoms with Crippen molar-refractivity contribution in [3.63, 3.8) is 0 Å². The number of hydrogen-bond acceptors (Lipinski definition) is 1. The van der Waals surface area contributed by atoms with Gasteiger partial charge in [-0.1, -0.05) is 64.1 Å². The highest BCUT2D eigenvalue weighted by molar-refractivity contribution is 6.01. The number of hydrogen-bond donors (Lipinski definition) is 0. The Labute approximate surface area is 116 Å². The van der Waals surface area contributed by atoms with Gasteiger partial charge in [-0.05, 0) is 28.5 Å². The maximum Gasteiger partial charge on any atom is 0.163 e. The molecule has 0 aromatic heterocycles. The Kier molecular flexibility index (Phi) is 3.75. The van der Waals surface area contributed by atoms with Crippen LogP contribution in [0.1, 0.15) is 56.5 Å². The van der Waals surface area contributed by atoms with Gasteiger partial charge in [-0.3, -0.25) is 4.79 Å². The summed E-state index contributed by atoms with van der Waals surface area (Å²) in [6, 6.07) is 7.96. The van der Waals surface area contributed by atoms with Crippen LogP contribution in [-0.4, -0.2) is 5.78 Å². The molecule has 0 amide bonds. The van der Waals surface area contributed by atoms with Crippen LogP contribution in [-0.2, 0) is 0 Å². The standard InChI is InChI=1S/C18H22O/c1-5-17(19)16-9-7-6-8-15(16)13-10-11-14(12-13)18(2,3)4/h6-9,11-12H,5,10H2,1-4H3. The van der Waals surface area contributed by atoms with Gasteiger partial charge < -0.3 is 0 Å². The minimum Gasteiger partial charge on any atom is -0.294 e. The molecule has 1 aliphatic rings. The van der Waals surface area contributed by atoms with E-state index in [1.165, 1.54) is 11.1 Å². The Balaban J connectivity index is 2.38. The average molecular weight is 254 g/mol. The first-order valence-electron chi connectivity index (χ1n) is 6.97. The zero-order valence-electron chi connectivity index (χ0n) is 12.3. The lowest BCUT2D eigenvalue weighted by molar-refractivity contribution is 0.0988. The van der Waals surface area contributed by atoms with Crippen molar-refractivity contribution in [3.05, 3.63) is 53.1 Å². The normalized spacial score (nSPS) is 15.2. The van der Waals surface area contributed by atoms with Crippen molar-refractivity contribution < 1.29 is 4.79 Å². The predicted octanol–water partition coefficient (Wildman–Crippen LogP) is 5.04. The molecule has 0 fully saturated rings. The zero-order chi connectivity index (χ0) is 14.0. The molecule has 0 heterocycles. The Morgan fingerprint density at radius 3 is 2.47 bits per heavy atom. The number of ketones is 1. The Hall–Kier alpha value is -1.63. The van der Waals surface area contributed by atoms with E-state index in [1.807, 2.05) is 25.1 Å². The van der Waals surface area contributed by atoms with E-state index in [1.54, 1.807) is 0 Å². The van der Waals surface area contributed by atoms with Gasteiger partial charge in [-0.2, -0.15) is 0 Å². The van der Waals surface area contributed by atoms with Crippen LogP contribution in [0.25, 0.3) is 5.57 Å². The fourth-order valence-electron chi connectivity index (χ4n) is 2.43. The molecule has 2 rings (SSSR count). The van der Waals surface area contributed by atoms with Gasteiger partial charge in [0, 0.05) is 12.0 Å². The molecule has 0 spiro atoms. The van der Waals surface area contributed by atoms with E-state index in [0.29, 0.717) is 6.42 Å². The van der Waals surface area contributed by atoms with Gasteiger partial charge in [0.1, 0.15) is 0 Å². The van der Waals surface area contributed by atoms with Gasteiger partial charge in [0.05, 0.1) is 0 Å². The maximum atomic E-state index is 12.0. The van der Waals surface area contributed by atoms with Crippen LogP contribution in [0.2, 0.25) is 0 Å². The largest absolute Gasteiger partial charge is 0.294 e. The summed E-state index contributed by atoms with van der Waals surface area (Å²) in [6.45, 7) is 8.59. The second-order valence-electron chi connectivity index (χ2n) is 6.11. The van der Waals surface area contributed by atoms with E-state index < -0.39 is 0 Å². The van der Waals surface area contributed by atoms with Gasteiger partial charge in [-0.25, -0.2) is 0 Å². The van der Waals surface area contributed by atoms with Crippen LogP contribution in [0.3, 0.4) is 0 Å². The van der Waals surface area contributed by atoms with Crippen molar-refractivity contribution in [3.8, 4) is 0 Å². The van der Waals surface area contributed by atoms with E-state index in [2.05, 4.69) is 39.0 Å². The molecule has 0 radical (unpaired) electrons. The number of Topliss-reactive ketones (excluding diaryl/α,β-unsaturated/α-hetero) is 1. The van der Waals surface area contributed by atoms with Crippen molar-refractivity contribution >= 4 is 11.4 Å². The second-order valence-corrected chi connectivity index (χ2v) is 6.11. The molecule has 0 aliphatic heterocycles. The summed E-state index contributed by atoms with van der Waals surface area (Å²) >= 11 is 0. The predicted molar refractivity (Wildman–Crippen MR) is 81.2 cm³/mol. The van der Waals surface area contributed by atoms with E-state index in [4.69, 9.17) is 0 Å². The lowest BCUT2D eigenvalue weighted by Gasteiger charge is -2.18. The summed E-state index contributed by atoms with van der Waals surface area (Å²) in [7, 11) is 0. The monoisotopic (exact) mass is 254 g/mol. The highest BCUT2D eigenvalue weighted by Gasteiger charge is 2.21. The van der Waals surface area contributed by atoms with Crippen LogP contribution >= 0.6 is 0 Å². The van der Waals surface area contributed by atoms with Crippen LogP contribution in [0.15, 0.2) is 42.0 Å². The first-order valence-corrected chi connectivity index (χ1v) is 6.97. The highest BCUT2D eigenvalue weighted by Crippen LogP contribution is 2.37. The third kappa shape index (κ3) is 2.86. The first-order chi connectivity index (χ1) is 8.93. The van der Waals surface area contributed by atoms with Crippen LogP contribution in [0.4, 0.5) is 0 Å². The summed E-state index contributed by atoms with van der Waals surface area (Å²) in [4.78, 5) is 12.0. The van der Waals surface area contributed by atoms with E-state index >= 15 is 0 Å². The van der Waals surface area contributed by atoms with E-state index in [9.17, 15) is 4.79 Å². The SMILES string of the molecule is CCC(=O)c1ccccc1C1=CC(C(C)(C)C)=CC1. The molecule has 0 N–H and O–H groups in total. The molecule has 0 bridgehead atoms. The zero-order valence-corrected chi connectivity index (χ0v) is 12.3. The molecule has 0 saturated heterocycles. The van der Waals surface area contributed by atoms with Crippen LogP contribution in [0, 0.1) is 5.41 Å². The molecule has 1 aromatic carbocycles. The summed E-state index contributed by atoms with van der Waals surface area (Å²) in [5.74, 6) is 0.223. The molecule has 1 heteroatoms. The summed E-state index contributed by atoms with van der Waals surface area (Å²) < 4.78 is 0. The van der Waals surface area contributed by atoms with Crippen LogP contribution in [0.5, 0.6) is 0 Å². The lowest BCUT2D eigenvalue weighted by Crippen LogP contribution is -2.06. The summed E-state index contributed by atoms with van der Waals surface area (Å²) in [6.07, 6.45) is 6.02. The molecule has 19 heavy (non-hydrogen) atoms. The van der Waals surface area contributed by atoms with Crippen molar-refractivity contribution in [2.24, 2.45) is 5.41 Å². The van der Waals surface area contributed by atoms with Gasteiger partial charge in [0.15, 0.2) is 5.78 Å². The van der Waals surface area contributed by atoms with Gasteiger partial charge in [0.2, 0.25) is 0 Å². The molecule has 0 unspecified atom stereocenters. The van der Waals surface area contributed by atoms with Crippen molar-refractivity contribution in [1.82, 2.24) is 0 Å². The molecule has 1 nitrogen and oxygen atoms in total. The smallest absolute Gasteiger partial charge is 0.163 e. The highest BCUT2D eigenvalue weighted by atomic mass is 16.1. The summed E-state index contributed by atoms with van der Waals surface area (Å²) in [5, 5.41) is 0. The Morgan fingerprint density at radius 2 is 1.89 bits per heavy atom. The van der Waals surface area contributed by atoms with Gasteiger partial charge in [-0.15, -0.1) is 0 Å². The number of rotatable bonds is 3. The third-order valence-electron chi connectivity index (χ3n) is 3.63. The fourth-order valence-corrected chi connectivity index (χ4v) is 2.43. The molecule has 0 atom stereocenters. The molecular weight excluding hydrogens is 232 g/mol. The number of benzene rings is 1. The Morgan fingerprint density at radius 1 is 1.21 bits per heavy atom. The number of carbonyl (C=O) groups is 1. The topological polar surface area (TPSA) is 17.1 Å². The van der Waals surface area contributed by atoms with Crippen molar-refractivity contribution in [2.75, 3.05) is 0 Å². The van der Waals surface area contributed by atoms with Gasteiger partial charge in [0.25, 0.3) is 0 Å². The minimum atomic E-state index is 0.172. The molecular formula is C18H22O. The summed E-state index contributed by atoms with van der Waals surface area (Å²) in [5.41, 5.74) is 4.76. The first kappa shape index (κ1) is 13.8. The molecule has 100 valence electrons. The van der Waals surface area contributed by atoms with Crippen LogP contribution < -0.4 is 0 Å². The Bertz CT molecular complexity index is 553. The molecule has 1 aromatic rings. The fraction of sp³-hybridized carbons (Fsp3) is 0.389. The van der Waals surface area contributed by atoms with Crippen molar-refractivity contribution in [2.45, 2.75) is 40.5 Å². The average Bonchev–Trinajstić information content (AvgIpc) is 2.87. The number of carbonyl (C=O) groups excluding carboxylic acids is 1. The quantitative estimate of drug-likeness (QED) is 0.691. The second kappa shape index (κ2) is 5.16. The third-order valence-corrected chi connectivity index (χ3v) is 3.63. The molecule has 1 aliphatic carbocycles. The number of allylic oxidation sites excluding steroid dienone is 4. The van der Waals surface area contributed by atoms with E-state index in [0.717, 1.165) is 17.5 Å². The molecule has 0 saturated carbocycles. The van der Waals surface area contributed by atoms with E-state index in [-0.39, 0.29) is 11.2 Å². The van der Waals surface area contributed by atoms with Crippen molar-refractivity contribution in [1.29, 1.82) is 0 Å². The maximum absolute atomic E-state index is 12.0. The lowest BCUT2D eigenvalue weighted by atomic mass is 9.87. The van der Waals surface area contributed by atoms with Gasteiger partial charge >= 0.3 is 0 Å².